The molecule has 0 saturated carbocycles. The molecule has 0 unspecified atom stereocenters. The lowest BCUT2D eigenvalue weighted by atomic mass is 10.2. The maximum atomic E-state index is 11.9. The summed E-state index contributed by atoms with van der Waals surface area (Å²) in [5.74, 6) is -0.294. The van der Waals surface area contributed by atoms with Gasteiger partial charge in [0.2, 0.25) is 0 Å². The fourth-order valence-corrected chi connectivity index (χ4v) is 2.43. The molecule has 110 valence electrons. The molecule has 0 radical (unpaired) electrons. The zero-order chi connectivity index (χ0) is 15.0. The third-order valence-electron chi connectivity index (χ3n) is 2.41. The molecular formula is C13H17NO5S. The number of benzene rings is 1. The Balaban J connectivity index is 2.48. The lowest BCUT2D eigenvalue weighted by Gasteiger charge is -2.05. The second kappa shape index (κ2) is 7.76. The predicted octanol–water partition coefficient (Wildman–Crippen LogP) is 1.36. The second-order valence-electron chi connectivity index (χ2n) is 4.07. The van der Waals surface area contributed by atoms with Crippen LogP contribution >= 0.6 is 0 Å². The van der Waals surface area contributed by atoms with Crippen molar-refractivity contribution in [3.05, 3.63) is 29.8 Å². The van der Waals surface area contributed by atoms with Gasteiger partial charge in [-0.05, 0) is 19.1 Å². The van der Waals surface area contributed by atoms with Crippen LogP contribution in [0.15, 0.2) is 34.2 Å². The minimum Gasteiger partial charge on any atom is -0.447 e. The van der Waals surface area contributed by atoms with Crippen molar-refractivity contribution in [3.63, 3.8) is 0 Å². The number of aliphatic hydroxyl groups is 1. The van der Waals surface area contributed by atoms with Crippen molar-refractivity contribution in [2.24, 2.45) is 4.99 Å². The zero-order valence-electron chi connectivity index (χ0n) is 11.2. The highest BCUT2D eigenvalue weighted by molar-refractivity contribution is 7.91. The summed E-state index contributed by atoms with van der Waals surface area (Å²) in [6.45, 7) is 1.49. The summed E-state index contributed by atoms with van der Waals surface area (Å²) in [5, 5.41) is 8.48. The second-order valence-corrected chi connectivity index (χ2v) is 6.18. The number of hydrogen-bond acceptors (Lipinski definition) is 5. The maximum absolute atomic E-state index is 11.9. The Bertz CT molecular complexity index is 563. The molecule has 0 spiro atoms. The molecule has 1 aromatic carbocycles. The predicted molar refractivity (Wildman–Crippen MR) is 74.8 cm³/mol. The quantitative estimate of drug-likeness (QED) is 0.800. The Morgan fingerprint density at radius 3 is 2.60 bits per heavy atom. The number of carbonyl (C=O) groups excluding carboxylic acids is 1. The Morgan fingerprint density at radius 1 is 1.35 bits per heavy atom. The molecule has 0 atom stereocenters. The molecule has 7 heteroatoms. The van der Waals surface area contributed by atoms with E-state index in [0.29, 0.717) is 0 Å². The van der Waals surface area contributed by atoms with Crippen LogP contribution < -0.4 is 0 Å². The van der Waals surface area contributed by atoms with E-state index in [1.807, 2.05) is 6.92 Å². The molecule has 1 rings (SSSR count). The third-order valence-corrected chi connectivity index (χ3v) is 4.11. The highest BCUT2D eigenvalue weighted by Gasteiger charge is 2.14. The average Bonchev–Trinajstić information content (AvgIpc) is 2.39. The summed E-state index contributed by atoms with van der Waals surface area (Å²) < 4.78 is 28.5. The molecule has 1 aromatic rings. The first kappa shape index (κ1) is 16.3. The summed E-state index contributed by atoms with van der Waals surface area (Å²) in [6, 6.07) is 6.45. The molecule has 1 N–H and O–H groups in total. The number of carbonyl (C=O) groups is 1. The highest BCUT2D eigenvalue weighted by atomic mass is 32.2. The first-order valence-electron chi connectivity index (χ1n) is 6.05. The van der Waals surface area contributed by atoms with Gasteiger partial charge in [-0.1, -0.05) is 17.7 Å². The van der Waals surface area contributed by atoms with E-state index in [9.17, 15) is 13.2 Å². The maximum Gasteiger partial charge on any atom is 0.433 e. The van der Waals surface area contributed by atoms with Gasteiger partial charge in [0.05, 0.1) is 10.6 Å². The lowest BCUT2D eigenvalue weighted by molar-refractivity contribution is 0.164. The highest BCUT2D eigenvalue weighted by Crippen LogP contribution is 2.12. The van der Waals surface area contributed by atoms with Crippen molar-refractivity contribution >= 4 is 22.1 Å². The number of nitrogens with zero attached hydrogens (tertiary/aromatic N) is 1. The largest absolute Gasteiger partial charge is 0.447 e. The monoisotopic (exact) mass is 299 g/mol. The third kappa shape index (κ3) is 5.50. The standard InChI is InChI=1S/C13H17NO5S/c1-11-3-5-12(6-4-11)20(17,18)10-9-19-13(16)14-7-2-8-15/h3-7,15H,2,8-10H2,1H3/b14-7+. The summed E-state index contributed by atoms with van der Waals surface area (Å²) >= 11 is 0. The average molecular weight is 299 g/mol. The number of aliphatic hydroxyl groups excluding tert-OH is 1. The molecule has 0 aromatic heterocycles. The molecular weight excluding hydrogens is 282 g/mol. The molecule has 1 amide bonds. The number of ether oxygens (including phenoxy) is 1. The number of aliphatic imine (C=N–C) groups is 1. The summed E-state index contributed by atoms with van der Waals surface area (Å²) in [6.07, 6.45) is 0.602. The molecule has 0 saturated heterocycles. The number of sulfone groups is 1. The smallest absolute Gasteiger partial charge is 0.433 e. The van der Waals surface area contributed by atoms with Crippen LogP contribution in [0, 0.1) is 6.92 Å². The Morgan fingerprint density at radius 2 is 2.00 bits per heavy atom. The van der Waals surface area contributed by atoms with Crippen molar-refractivity contribution < 1.29 is 23.1 Å². The minimum atomic E-state index is -3.47. The molecule has 0 fully saturated rings. The number of hydrogen-bond donors (Lipinski definition) is 1. The van der Waals surface area contributed by atoms with Gasteiger partial charge in [-0.25, -0.2) is 13.2 Å². The van der Waals surface area contributed by atoms with E-state index >= 15 is 0 Å². The Kier molecular flexibility index (Phi) is 6.33. The summed E-state index contributed by atoms with van der Waals surface area (Å²) in [5.41, 5.74) is 0.966. The minimum absolute atomic E-state index is 0.113. The molecule has 6 nitrogen and oxygen atoms in total. The molecule has 0 aliphatic rings. The van der Waals surface area contributed by atoms with E-state index < -0.39 is 15.9 Å². The van der Waals surface area contributed by atoms with Crippen LogP contribution in [-0.4, -0.2) is 44.8 Å². The molecule has 0 heterocycles. The van der Waals surface area contributed by atoms with Gasteiger partial charge in [0.15, 0.2) is 9.84 Å². The zero-order valence-corrected chi connectivity index (χ0v) is 12.0. The van der Waals surface area contributed by atoms with Crippen LogP contribution in [0.5, 0.6) is 0 Å². The Hall–Kier alpha value is -1.73. The van der Waals surface area contributed by atoms with Crippen LogP contribution in [0.4, 0.5) is 4.79 Å². The van der Waals surface area contributed by atoms with E-state index in [0.717, 1.165) is 5.56 Å². The van der Waals surface area contributed by atoms with Crippen LogP contribution in [-0.2, 0) is 14.6 Å². The molecule has 0 bridgehead atoms. The van der Waals surface area contributed by atoms with E-state index in [1.54, 1.807) is 12.1 Å². The number of amides is 1. The molecule has 0 aliphatic carbocycles. The first-order valence-corrected chi connectivity index (χ1v) is 7.70. The van der Waals surface area contributed by atoms with Crippen molar-refractivity contribution in [3.8, 4) is 0 Å². The lowest BCUT2D eigenvalue weighted by Crippen LogP contribution is -2.14. The number of aryl methyl sites for hydroxylation is 1. The normalized spacial score (nSPS) is 11.7. The van der Waals surface area contributed by atoms with Crippen molar-refractivity contribution in [1.29, 1.82) is 0 Å². The van der Waals surface area contributed by atoms with Gasteiger partial charge < -0.3 is 9.84 Å². The first-order chi connectivity index (χ1) is 9.45. The van der Waals surface area contributed by atoms with E-state index in [-0.39, 0.29) is 30.3 Å². The number of rotatable bonds is 6. The fraction of sp³-hybridized carbons (Fsp3) is 0.385. The van der Waals surface area contributed by atoms with Crippen LogP contribution in [0.25, 0.3) is 0 Å². The summed E-state index contributed by atoms with van der Waals surface area (Å²) in [4.78, 5) is 14.7. The van der Waals surface area contributed by atoms with E-state index in [1.165, 1.54) is 18.3 Å². The topological polar surface area (TPSA) is 93.0 Å². The van der Waals surface area contributed by atoms with Gasteiger partial charge in [-0.2, -0.15) is 4.99 Å². The Labute approximate surface area is 118 Å². The van der Waals surface area contributed by atoms with Crippen LogP contribution in [0.2, 0.25) is 0 Å². The van der Waals surface area contributed by atoms with Gasteiger partial charge in [-0.3, -0.25) is 0 Å². The van der Waals surface area contributed by atoms with Gasteiger partial charge >= 0.3 is 6.09 Å². The fourth-order valence-electron chi connectivity index (χ4n) is 1.34. The van der Waals surface area contributed by atoms with Gasteiger partial charge in [0, 0.05) is 19.2 Å². The van der Waals surface area contributed by atoms with E-state index in [2.05, 4.69) is 9.73 Å². The van der Waals surface area contributed by atoms with Crippen molar-refractivity contribution in [2.75, 3.05) is 19.0 Å². The SMILES string of the molecule is Cc1ccc(S(=O)(=O)CCOC(=O)/N=C/CCO)cc1. The van der Waals surface area contributed by atoms with Crippen LogP contribution in [0.3, 0.4) is 0 Å². The van der Waals surface area contributed by atoms with Crippen molar-refractivity contribution in [2.45, 2.75) is 18.2 Å². The molecule has 20 heavy (non-hydrogen) atoms. The van der Waals surface area contributed by atoms with Gasteiger partial charge in [0.25, 0.3) is 0 Å². The van der Waals surface area contributed by atoms with Crippen LogP contribution in [0.1, 0.15) is 12.0 Å². The van der Waals surface area contributed by atoms with Gasteiger partial charge in [0.1, 0.15) is 6.61 Å². The van der Waals surface area contributed by atoms with E-state index in [4.69, 9.17) is 5.11 Å². The summed E-state index contributed by atoms with van der Waals surface area (Å²) in [7, 11) is -3.47. The van der Waals surface area contributed by atoms with Crippen molar-refractivity contribution in [1.82, 2.24) is 0 Å². The molecule has 0 aliphatic heterocycles. The van der Waals surface area contributed by atoms with Gasteiger partial charge in [-0.15, -0.1) is 0 Å².